The zero-order chi connectivity index (χ0) is 15.9. The van der Waals surface area contributed by atoms with Crippen LogP contribution < -0.4 is 5.32 Å². The fraction of sp³-hybridized carbons (Fsp3) is 0.333. The summed E-state index contributed by atoms with van der Waals surface area (Å²) in [6.07, 6.45) is 6.18. The van der Waals surface area contributed by atoms with Crippen LogP contribution in [-0.4, -0.2) is 39.9 Å². The van der Waals surface area contributed by atoms with E-state index in [2.05, 4.69) is 5.32 Å². The maximum Gasteiger partial charge on any atom is 0.255 e. The molecule has 118 valence electrons. The minimum absolute atomic E-state index is 0.0478. The van der Waals surface area contributed by atoms with Crippen molar-refractivity contribution in [2.45, 2.75) is 24.8 Å². The molecule has 23 heavy (non-hydrogen) atoms. The molecule has 1 N–H and O–H groups in total. The van der Waals surface area contributed by atoms with Crippen molar-refractivity contribution in [3.63, 3.8) is 0 Å². The Bertz CT molecular complexity index is 733. The van der Waals surface area contributed by atoms with Gasteiger partial charge in [-0.05, 0) is 37.1 Å². The number of para-hydroxylation sites is 1. The molecule has 2 aliphatic heterocycles. The molecule has 1 spiro atoms. The number of benzene rings is 1. The first-order valence-corrected chi connectivity index (χ1v) is 8.00. The van der Waals surface area contributed by atoms with E-state index in [0.29, 0.717) is 19.5 Å². The average Bonchev–Trinajstić information content (AvgIpc) is 3.08. The van der Waals surface area contributed by atoms with E-state index in [0.717, 1.165) is 24.1 Å². The van der Waals surface area contributed by atoms with Crippen LogP contribution in [0.2, 0.25) is 0 Å². The number of likely N-dealkylation sites (tertiary alicyclic amines) is 1. The van der Waals surface area contributed by atoms with Gasteiger partial charge in [0, 0.05) is 31.9 Å². The molecule has 2 fully saturated rings. The molecule has 2 aromatic rings. The number of carbonyl (C=O) groups excluding carboxylic acids is 2. The third-order valence-electron chi connectivity index (χ3n) is 4.93. The normalized spacial score (nSPS) is 19.3. The number of hydrogen-bond acceptors (Lipinski definition) is 2. The van der Waals surface area contributed by atoms with Gasteiger partial charge in [-0.15, -0.1) is 0 Å². The molecule has 3 heterocycles. The lowest BCUT2D eigenvalue weighted by Gasteiger charge is -2.47. The summed E-state index contributed by atoms with van der Waals surface area (Å²) in [5.74, 6) is 0.192. The van der Waals surface area contributed by atoms with Crippen LogP contribution in [0.15, 0.2) is 48.8 Å². The first kappa shape index (κ1) is 14.1. The molecule has 0 radical (unpaired) electrons. The standard InChI is InChI=1S/C18H19N3O2/c22-16-13-18(19-16)7-11-21(12-8-18)17(23)14-5-1-2-6-15(14)20-9-3-4-10-20/h1-6,9-10H,7-8,11-13H2,(H,19,22). The van der Waals surface area contributed by atoms with E-state index in [1.165, 1.54) is 0 Å². The number of carbonyl (C=O) groups is 2. The monoisotopic (exact) mass is 309 g/mol. The molecule has 0 saturated carbocycles. The predicted octanol–water partition coefficient (Wildman–Crippen LogP) is 1.97. The number of piperidine rings is 1. The van der Waals surface area contributed by atoms with Gasteiger partial charge in [0.05, 0.1) is 16.8 Å². The Morgan fingerprint density at radius 3 is 2.35 bits per heavy atom. The lowest BCUT2D eigenvalue weighted by Crippen LogP contribution is -2.65. The van der Waals surface area contributed by atoms with Crippen LogP contribution in [0, 0.1) is 0 Å². The molecule has 0 aliphatic carbocycles. The Kier molecular flexibility index (Phi) is 3.22. The van der Waals surface area contributed by atoms with Gasteiger partial charge in [0.15, 0.2) is 0 Å². The zero-order valence-corrected chi connectivity index (χ0v) is 12.9. The fourth-order valence-electron chi connectivity index (χ4n) is 3.57. The SMILES string of the molecule is O=C1CC2(CCN(C(=O)c3ccccc3-n3cccc3)CC2)N1. The number of β-lactam (4-membered cyclic amide) rings is 1. The van der Waals surface area contributed by atoms with E-state index >= 15 is 0 Å². The van der Waals surface area contributed by atoms with Gasteiger partial charge in [-0.1, -0.05) is 12.1 Å². The van der Waals surface area contributed by atoms with Gasteiger partial charge in [-0.25, -0.2) is 0 Å². The number of nitrogens with one attached hydrogen (secondary N) is 1. The molecular weight excluding hydrogens is 290 g/mol. The van der Waals surface area contributed by atoms with Crippen LogP contribution in [0.3, 0.4) is 0 Å². The Balaban J connectivity index is 1.53. The second-order valence-electron chi connectivity index (χ2n) is 6.40. The van der Waals surface area contributed by atoms with E-state index in [-0.39, 0.29) is 17.4 Å². The maximum atomic E-state index is 12.9. The molecule has 1 aromatic heterocycles. The molecule has 0 atom stereocenters. The number of aromatic nitrogens is 1. The molecule has 0 unspecified atom stereocenters. The average molecular weight is 309 g/mol. The molecule has 2 amide bonds. The van der Waals surface area contributed by atoms with Crippen molar-refractivity contribution in [2.75, 3.05) is 13.1 Å². The van der Waals surface area contributed by atoms with Crippen molar-refractivity contribution in [1.82, 2.24) is 14.8 Å². The highest BCUT2D eigenvalue weighted by molar-refractivity contribution is 5.98. The summed E-state index contributed by atoms with van der Waals surface area (Å²) in [6.45, 7) is 1.39. The van der Waals surface area contributed by atoms with Gasteiger partial charge >= 0.3 is 0 Å². The summed E-state index contributed by atoms with van der Waals surface area (Å²) in [7, 11) is 0. The molecule has 0 bridgehead atoms. The first-order chi connectivity index (χ1) is 11.2. The minimum atomic E-state index is -0.0478. The highest BCUT2D eigenvalue weighted by atomic mass is 16.2. The van der Waals surface area contributed by atoms with Gasteiger partial charge in [-0.3, -0.25) is 9.59 Å². The van der Waals surface area contributed by atoms with E-state index in [9.17, 15) is 9.59 Å². The van der Waals surface area contributed by atoms with Crippen LogP contribution in [0.1, 0.15) is 29.6 Å². The molecule has 5 heteroatoms. The molecular formula is C18H19N3O2. The van der Waals surface area contributed by atoms with Crippen LogP contribution in [0.4, 0.5) is 0 Å². The largest absolute Gasteiger partial charge is 0.350 e. The summed E-state index contributed by atoms with van der Waals surface area (Å²) >= 11 is 0. The van der Waals surface area contributed by atoms with Crippen LogP contribution in [0.5, 0.6) is 0 Å². The van der Waals surface area contributed by atoms with Crippen molar-refractivity contribution in [1.29, 1.82) is 0 Å². The lowest BCUT2D eigenvalue weighted by atomic mass is 9.78. The lowest BCUT2D eigenvalue weighted by molar-refractivity contribution is -0.134. The number of rotatable bonds is 2. The smallest absolute Gasteiger partial charge is 0.255 e. The Hall–Kier alpha value is -2.56. The number of hydrogen-bond donors (Lipinski definition) is 1. The molecule has 5 nitrogen and oxygen atoms in total. The molecule has 1 aromatic carbocycles. The van der Waals surface area contributed by atoms with E-state index < -0.39 is 0 Å². The summed E-state index contributed by atoms with van der Waals surface area (Å²) in [6, 6.07) is 11.6. The highest BCUT2D eigenvalue weighted by Gasteiger charge is 2.45. The molecule has 4 rings (SSSR count). The summed E-state index contributed by atoms with van der Waals surface area (Å²) < 4.78 is 1.96. The van der Waals surface area contributed by atoms with E-state index in [1.54, 1.807) is 0 Å². The minimum Gasteiger partial charge on any atom is -0.350 e. The topological polar surface area (TPSA) is 54.3 Å². The Morgan fingerprint density at radius 2 is 1.70 bits per heavy atom. The highest BCUT2D eigenvalue weighted by Crippen LogP contribution is 2.32. The summed E-state index contributed by atoms with van der Waals surface area (Å²) in [4.78, 5) is 26.0. The Labute approximate surface area is 134 Å². The second kappa shape index (κ2) is 5.26. The van der Waals surface area contributed by atoms with Gasteiger partial charge in [0.1, 0.15) is 0 Å². The van der Waals surface area contributed by atoms with Crippen LogP contribution in [-0.2, 0) is 4.79 Å². The fourth-order valence-corrected chi connectivity index (χ4v) is 3.57. The predicted molar refractivity (Wildman–Crippen MR) is 86.4 cm³/mol. The van der Waals surface area contributed by atoms with Crippen molar-refractivity contribution >= 4 is 11.8 Å². The number of amides is 2. The van der Waals surface area contributed by atoms with Crippen LogP contribution >= 0.6 is 0 Å². The Morgan fingerprint density at radius 1 is 1.04 bits per heavy atom. The van der Waals surface area contributed by atoms with Crippen molar-refractivity contribution in [3.8, 4) is 5.69 Å². The van der Waals surface area contributed by atoms with E-state index in [4.69, 9.17) is 0 Å². The van der Waals surface area contributed by atoms with Gasteiger partial charge < -0.3 is 14.8 Å². The maximum absolute atomic E-state index is 12.9. The summed E-state index contributed by atoms with van der Waals surface area (Å²) in [5.41, 5.74) is 1.57. The van der Waals surface area contributed by atoms with Crippen molar-refractivity contribution in [2.24, 2.45) is 0 Å². The van der Waals surface area contributed by atoms with Crippen molar-refractivity contribution < 1.29 is 9.59 Å². The third-order valence-corrected chi connectivity index (χ3v) is 4.93. The van der Waals surface area contributed by atoms with Gasteiger partial charge in [0.2, 0.25) is 5.91 Å². The quantitative estimate of drug-likeness (QED) is 0.862. The molecule has 2 aliphatic rings. The zero-order valence-electron chi connectivity index (χ0n) is 12.9. The first-order valence-electron chi connectivity index (χ1n) is 8.00. The molecule has 2 saturated heterocycles. The van der Waals surface area contributed by atoms with Crippen LogP contribution in [0.25, 0.3) is 5.69 Å². The third kappa shape index (κ3) is 2.42. The van der Waals surface area contributed by atoms with Gasteiger partial charge in [0.25, 0.3) is 5.91 Å². The van der Waals surface area contributed by atoms with E-state index in [1.807, 2.05) is 58.3 Å². The number of nitrogens with zero attached hydrogens (tertiary/aromatic N) is 2. The van der Waals surface area contributed by atoms with Crippen molar-refractivity contribution in [3.05, 3.63) is 54.4 Å². The van der Waals surface area contributed by atoms with Gasteiger partial charge in [-0.2, -0.15) is 0 Å². The summed E-state index contributed by atoms with van der Waals surface area (Å²) in [5, 5.41) is 3.01. The second-order valence-corrected chi connectivity index (χ2v) is 6.40.